The number of hydrogen-bond donors (Lipinski definition) is 1. The van der Waals surface area contributed by atoms with E-state index in [1.165, 1.54) is 7.54 Å². The number of rotatable bonds is 1. The predicted octanol–water partition coefficient (Wildman–Crippen LogP) is 1.75. The van der Waals surface area contributed by atoms with Gasteiger partial charge in [-0.3, -0.25) is 0 Å². The van der Waals surface area contributed by atoms with Crippen molar-refractivity contribution in [2.24, 2.45) is 0 Å². The van der Waals surface area contributed by atoms with Gasteiger partial charge in [0.25, 0.3) is 0 Å². The Labute approximate surface area is 64.8 Å². The summed E-state index contributed by atoms with van der Waals surface area (Å²) < 4.78 is 2.71. The van der Waals surface area contributed by atoms with Crippen molar-refractivity contribution in [2.45, 2.75) is 7.54 Å². The van der Waals surface area contributed by atoms with Crippen LogP contribution in [0.3, 0.4) is 0 Å². The van der Waals surface area contributed by atoms with Crippen LogP contribution < -0.4 is 0 Å². The maximum absolute atomic E-state index is 4.23. The van der Waals surface area contributed by atoms with E-state index < -0.39 is 0 Å². The van der Waals surface area contributed by atoms with E-state index in [2.05, 4.69) is 31.0 Å². The molecule has 0 saturated carbocycles. The van der Waals surface area contributed by atoms with E-state index in [1.807, 2.05) is 11.8 Å². The van der Waals surface area contributed by atoms with Crippen LogP contribution in [0, 0.1) is 0 Å². The van der Waals surface area contributed by atoms with Gasteiger partial charge in [0.05, 0.1) is 0 Å². The quantitative estimate of drug-likeness (QED) is 0.417. The fraction of sp³-hybridized carbons (Fsp3) is 0.200. The van der Waals surface area contributed by atoms with Gasteiger partial charge in [-0.05, 0) is 0 Å². The van der Waals surface area contributed by atoms with Gasteiger partial charge in [-0.1, -0.05) is 0 Å². The third-order valence-corrected chi connectivity index (χ3v) is 4.84. The summed E-state index contributed by atoms with van der Waals surface area (Å²) in [6.07, 6.45) is 2.10. The maximum atomic E-state index is 4.23. The molecule has 0 aliphatic rings. The normalized spacial score (nSPS) is 9.75. The SMILES string of the molecule is CSc1ccc(S)[se]1. The molecular weight excluding hydrogens is 203 g/mol. The molecule has 8 heavy (non-hydrogen) atoms. The van der Waals surface area contributed by atoms with Crippen LogP contribution in [0.2, 0.25) is 0 Å². The van der Waals surface area contributed by atoms with Crippen LogP contribution in [-0.4, -0.2) is 20.8 Å². The Balaban J connectivity index is 2.84. The van der Waals surface area contributed by atoms with E-state index >= 15 is 0 Å². The van der Waals surface area contributed by atoms with Gasteiger partial charge in [0.2, 0.25) is 0 Å². The van der Waals surface area contributed by atoms with Crippen molar-refractivity contribution < 1.29 is 0 Å². The van der Waals surface area contributed by atoms with Crippen molar-refractivity contribution in [1.29, 1.82) is 0 Å². The molecule has 0 nitrogen and oxygen atoms in total. The molecular formula is C5H6S2Se. The van der Waals surface area contributed by atoms with Gasteiger partial charge >= 0.3 is 64.8 Å². The van der Waals surface area contributed by atoms with E-state index in [0.29, 0.717) is 14.5 Å². The molecule has 3 heteroatoms. The standard InChI is InChI=1S/C5H6S2Se/c1-7-5-3-2-4(6)8-5/h2-3,6H,1H3. The summed E-state index contributed by atoms with van der Waals surface area (Å²) in [6.45, 7) is 0. The number of thiol groups is 1. The van der Waals surface area contributed by atoms with Crippen LogP contribution in [0.5, 0.6) is 0 Å². The van der Waals surface area contributed by atoms with E-state index in [0.717, 1.165) is 0 Å². The van der Waals surface area contributed by atoms with Gasteiger partial charge in [0.1, 0.15) is 0 Å². The molecule has 0 aromatic carbocycles. The van der Waals surface area contributed by atoms with Crippen molar-refractivity contribution in [3.8, 4) is 0 Å². The minimum atomic E-state index is 0.544. The Kier molecular flexibility index (Phi) is 2.57. The molecule has 0 amide bonds. The number of thioether (sulfide) groups is 1. The zero-order valence-corrected chi connectivity index (χ0v) is 7.84. The van der Waals surface area contributed by atoms with Gasteiger partial charge in [-0.15, -0.1) is 0 Å². The minimum absolute atomic E-state index is 0.544. The van der Waals surface area contributed by atoms with Crippen molar-refractivity contribution in [3.05, 3.63) is 12.1 Å². The van der Waals surface area contributed by atoms with Crippen molar-refractivity contribution in [3.63, 3.8) is 0 Å². The average molecular weight is 209 g/mol. The molecule has 1 aromatic heterocycles. The van der Waals surface area contributed by atoms with Gasteiger partial charge in [-0.25, -0.2) is 0 Å². The first kappa shape index (κ1) is 6.81. The molecule has 1 heterocycles. The molecule has 0 atom stereocenters. The van der Waals surface area contributed by atoms with E-state index in [4.69, 9.17) is 0 Å². The molecule has 0 saturated heterocycles. The van der Waals surface area contributed by atoms with Gasteiger partial charge in [0, 0.05) is 0 Å². The Hall–Kier alpha value is 0.699. The van der Waals surface area contributed by atoms with Crippen LogP contribution in [0.15, 0.2) is 19.7 Å². The van der Waals surface area contributed by atoms with Gasteiger partial charge in [0.15, 0.2) is 0 Å². The molecule has 0 bridgehead atoms. The van der Waals surface area contributed by atoms with Crippen LogP contribution in [0.25, 0.3) is 0 Å². The summed E-state index contributed by atoms with van der Waals surface area (Å²) in [5, 5.41) is 0. The van der Waals surface area contributed by atoms with Crippen LogP contribution >= 0.6 is 24.4 Å². The first-order valence-electron chi connectivity index (χ1n) is 2.15. The zero-order chi connectivity index (χ0) is 5.98. The van der Waals surface area contributed by atoms with Gasteiger partial charge < -0.3 is 0 Å². The van der Waals surface area contributed by atoms with Crippen LogP contribution in [0.1, 0.15) is 0 Å². The second-order valence-corrected chi connectivity index (χ2v) is 6.16. The third-order valence-electron chi connectivity index (χ3n) is 0.768. The van der Waals surface area contributed by atoms with Crippen molar-refractivity contribution in [1.82, 2.24) is 0 Å². The Morgan fingerprint density at radius 2 is 2.38 bits per heavy atom. The summed E-state index contributed by atoms with van der Waals surface area (Å²) in [4.78, 5) is 0. The fourth-order valence-corrected chi connectivity index (χ4v) is 3.61. The average Bonchev–Trinajstić information content (AvgIpc) is 2.14. The van der Waals surface area contributed by atoms with Crippen molar-refractivity contribution >= 4 is 38.9 Å². The van der Waals surface area contributed by atoms with E-state index in [1.54, 1.807) is 0 Å². The van der Waals surface area contributed by atoms with Crippen LogP contribution in [0.4, 0.5) is 0 Å². The van der Waals surface area contributed by atoms with E-state index in [-0.39, 0.29) is 0 Å². The molecule has 44 valence electrons. The molecule has 0 aliphatic carbocycles. The Bertz CT molecular complexity index is 171. The summed E-state index contributed by atoms with van der Waals surface area (Å²) >= 11 is 6.60. The Morgan fingerprint density at radius 1 is 1.62 bits per heavy atom. The predicted molar refractivity (Wildman–Crippen MR) is 42.4 cm³/mol. The Morgan fingerprint density at radius 3 is 2.62 bits per heavy atom. The van der Waals surface area contributed by atoms with Crippen LogP contribution in [-0.2, 0) is 0 Å². The molecule has 0 N–H and O–H groups in total. The summed E-state index contributed by atoms with van der Waals surface area (Å²) in [6, 6.07) is 4.22. The van der Waals surface area contributed by atoms with Gasteiger partial charge in [-0.2, -0.15) is 0 Å². The second-order valence-electron chi connectivity index (χ2n) is 1.30. The first-order valence-corrected chi connectivity index (χ1v) is 5.54. The summed E-state index contributed by atoms with van der Waals surface area (Å²) in [5.74, 6) is 0. The first-order chi connectivity index (χ1) is 3.83. The van der Waals surface area contributed by atoms with Crippen molar-refractivity contribution in [2.75, 3.05) is 6.26 Å². The molecule has 0 radical (unpaired) electrons. The molecule has 0 fully saturated rings. The molecule has 0 spiro atoms. The summed E-state index contributed by atoms with van der Waals surface area (Å²) in [5.41, 5.74) is 0. The zero-order valence-electron chi connectivity index (χ0n) is 4.42. The number of hydrogen-bond acceptors (Lipinski definition) is 2. The summed E-state index contributed by atoms with van der Waals surface area (Å²) in [7, 11) is 0. The topological polar surface area (TPSA) is 0 Å². The monoisotopic (exact) mass is 210 g/mol. The third kappa shape index (κ3) is 1.59. The van der Waals surface area contributed by atoms with E-state index in [9.17, 15) is 0 Å². The molecule has 0 aliphatic heterocycles. The fourth-order valence-electron chi connectivity index (χ4n) is 0.420. The molecule has 0 unspecified atom stereocenters. The molecule has 1 rings (SSSR count). The molecule has 1 aromatic rings. The second kappa shape index (κ2) is 3.02.